The number of nitrogens with one attached hydrogen (secondary N) is 1. The quantitative estimate of drug-likeness (QED) is 0.916. The fourth-order valence-corrected chi connectivity index (χ4v) is 2.41. The van der Waals surface area contributed by atoms with E-state index in [0.29, 0.717) is 0 Å². The maximum Gasteiger partial charge on any atom is 0.287 e. The molecule has 2 amide bonds. The van der Waals surface area contributed by atoms with E-state index in [0.717, 1.165) is 38.1 Å². The molecule has 1 aromatic heterocycles. The molecule has 0 bridgehead atoms. The molecule has 1 saturated heterocycles. The number of carbonyl (C=O) groups is 2. The molecule has 0 saturated carbocycles. The summed E-state index contributed by atoms with van der Waals surface area (Å²) >= 11 is 0. The second-order valence-electron chi connectivity index (χ2n) is 5.20. The molecule has 2 heterocycles. The highest BCUT2D eigenvalue weighted by atomic mass is 16.3. The fourth-order valence-electron chi connectivity index (χ4n) is 2.41. The van der Waals surface area contributed by atoms with Gasteiger partial charge in [-0.05, 0) is 38.3 Å². The van der Waals surface area contributed by atoms with Gasteiger partial charge in [0.1, 0.15) is 11.8 Å². The highest BCUT2D eigenvalue weighted by molar-refractivity contribution is 5.95. The van der Waals surface area contributed by atoms with Gasteiger partial charge < -0.3 is 14.6 Å². The zero-order valence-corrected chi connectivity index (χ0v) is 12.1. The van der Waals surface area contributed by atoms with Crippen molar-refractivity contribution in [3.05, 3.63) is 23.7 Å². The van der Waals surface area contributed by atoms with Crippen molar-refractivity contribution in [2.24, 2.45) is 0 Å². The number of furan rings is 1. The second-order valence-corrected chi connectivity index (χ2v) is 5.20. The molecule has 0 radical (unpaired) electrons. The first kappa shape index (κ1) is 14.6. The van der Waals surface area contributed by atoms with E-state index in [1.54, 1.807) is 19.1 Å². The van der Waals surface area contributed by atoms with Crippen LogP contribution in [0.5, 0.6) is 0 Å². The number of likely N-dealkylation sites (tertiary alicyclic amines) is 1. The van der Waals surface area contributed by atoms with Crippen LogP contribution in [0.4, 0.5) is 0 Å². The van der Waals surface area contributed by atoms with Crippen LogP contribution in [0.2, 0.25) is 0 Å². The predicted octanol–water partition coefficient (Wildman–Crippen LogP) is 1.97. The zero-order valence-electron chi connectivity index (χ0n) is 12.1. The Morgan fingerprint density at radius 2 is 2.00 bits per heavy atom. The molecular weight excluding hydrogens is 256 g/mol. The Bertz CT molecular complexity index is 475. The molecule has 110 valence electrons. The number of hydrogen-bond donors (Lipinski definition) is 1. The van der Waals surface area contributed by atoms with Crippen molar-refractivity contribution < 1.29 is 14.0 Å². The number of aryl methyl sites for hydroxylation is 1. The van der Waals surface area contributed by atoms with Crippen molar-refractivity contribution >= 4 is 11.8 Å². The summed E-state index contributed by atoms with van der Waals surface area (Å²) in [6.45, 7) is 5.26. The Morgan fingerprint density at radius 3 is 2.60 bits per heavy atom. The van der Waals surface area contributed by atoms with Crippen LogP contribution in [0.15, 0.2) is 16.5 Å². The minimum Gasteiger partial charge on any atom is -0.456 e. The van der Waals surface area contributed by atoms with Crippen molar-refractivity contribution in [3.63, 3.8) is 0 Å². The number of hydrogen-bond acceptors (Lipinski definition) is 3. The van der Waals surface area contributed by atoms with E-state index in [4.69, 9.17) is 4.42 Å². The second kappa shape index (κ2) is 6.59. The lowest BCUT2D eigenvalue weighted by Crippen LogP contribution is -2.48. The first-order valence-electron chi connectivity index (χ1n) is 7.30. The van der Waals surface area contributed by atoms with Crippen LogP contribution in [-0.4, -0.2) is 35.8 Å². The molecule has 1 aliphatic heterocycles. The SMILES string of the molecule is CCc1ccc(C(=O)N[C@@H](C)C(=O)N2CCCCC2)o1. The molecule has 0 spiro atoms. The molecule has 1 fully saturated rings. The van der Waals surface area contributed by atoms with E-state index in [-0.39, 0.29) is 17.6 Å². The van der Waals surface area contributed by atoms with Crippen LogP contribution < -0.4 is 5.32 Å². The minimum atomic E-state index is -0.518. The van der Waals surface area contributed by atoms with E-state index in [1.165, 1.54) is 6.42 Å². The lowest BCUT2D eigenvalue weighted by molar-refractivity contribution is -0.133. The van der Waals surface area contributed by atoms with E-state index < -0.39 is 6.04 Å². The molecular formula is C15H22N2O3. The molecule has 1 N–H and O–H groups in total. The Kier molecular flexibility index (Phi) is 4.82. The minimum absolute atomic E-state index is 0.0136. The van der Waals surface area contributed by atoms with Gasteiger partial charge in [0.2, 0.25) is 5.91 Å². The summed E-state index contributed by atoms with van der Waals surface area (Å²) in [4.78, 5) is 26.0. The van der Waals surface area contributed by atoms with Crippen molar-refractivity contribution in [3.8, 4) is 0 Å². The summed E-state index contributed by atoms with van der Waals surface area (Å²) in [5.74, 6) is 0.688. The third kappa shape index (κ3) is 3.40. The Labute approximate surface area is 119 Å². The lowest BCUT2D eigenvalue weighted by Gasteiger charge is -2.29. The van der Waals surface area contributed by atoms with Crippen molar-refractivity contribution in [1.29, 1.82) is 0 Å². The predicted molar refractivity (Wildman–Crippen MR) is 75.4 cm³/mol. The standard InChI is InChI=1S/C15H22N2O3/c1-3-12-7-8-13(20-12)14(18)16-11(2)15(19)17-9-5-4-6-10-17/h7-8,11H,3-6,9-10H2,1-2H3,(H,16,18)/t11-/m0/s1. The van der Waals surface area contributed by atoms with Gasteiger partial charge in [-0.15, -0.1) is 0 Å². The third-order valence-corrected chi connectivity index (χ3v) is 3.62. The van der Waals surface area contributed by atoms with Gasteiger partial charge in [0.25, 0.3) is 5.91 Å². The van der Waals surface area contributed by atoms with Crippen molar-refractivity contribution in [2.45, 2.75) is 45.6 Å². The first-order chi connectivity index (χ1) is 9.61. The van der Waals surface area contributed by atoms with Gasteiger partial charge in [0, 0.05) is 19.5 Å². The number of rotatable bonds is 4. The maximum absolute atomic E-state index is 12.2. The highest BCUT2D eigenvalue weighted by Crippen LogP contribution is 2.11. The molecule has 5 nitrogen and oxygen atoms in total. The van der Waals surface area contributed by atoms with Gasteiger partial charge in [-0.25, -0.2) is 0 Å². The monoisotopic (exact) mass is 278 g/mol. The van der Waals surface area contributed by atoms with Crippen LogP contribution in [0.3, 0.4) is 0 Å². The normalized spacial score (nSPS) is 16.8. The lowest BCUT2D eigenvalue weighted by atomic mass is 10.1. The highest BCUT2D eigenvalue weighted by Gasteiger charge is 2.24. The number of amides is 2. The van der Waals surface area contributed by atoms with Gasteiger partial charge in [0.05, 0.1) is 0 Å². The van der Waals surface area contributed by atoms with Crippen LogP contribution in [-0.2, 0) is 11.2 Å². The Balaban J connectivity index is 1.91. The summed E-state index contributed by atoms with van der Waals surface area (Å²) in [5.41, 5.74) is 0. The van der Waals surface area contributed by atoms with Crippen molar-refractivity contribution in [2.75, 3.05) is 13.1 Å². The van der Waals surface area contributed by atoms with Gasteiger partial charge >= 0.3 is 0 Å². The summed E-state index contributed by atoms with van der Waals surface area (Å²) in [6.07, 6.45) is 4.02. The molecule has 5 heteroatoms. The van der Waals surface area contributed by atoms with Gasteiger partial charge in [0.15, 0.2) is 5.76 Å². The van der Waals surface area contributed by atoms with Crippen LogP contribution >= 0.6 is 0 Å². The van der Waals surface area contributed by atoms with Gasteiger partial charge in [-0.1, -0.05) is 6.92 Å². The summed E-state index contributed by atoms with van der Waals surface area (Å²) in [5, 5.41) is 2.71. The summed E-state index contributed by atoms with van der Waals surface area (Å²) in [6, 6.07) is 2.91. The molecule has 0 unspecified atom stereocenters. The average molecular weight is 278 g/mol. The molecule has 0 aliphatic carbocycles. The van der Waals surface area contributed by atoms with Gasteiger partial charge in [-0.2, -0.15) is 0 Å². The first-order valence-corrected chi connectivity index (χ1v) is 7.30. The third-order valence-electron chi connectivity index (χ3n) is 3.62. The van der Waals surface area contributed by atoms with Gasteiger partial charge in [-0.3, -0.25) is 9.59 Å². The van der Waals surface area contributed by atoms with Crippen LogP contribution in [0.1, 0.15) is 49.4 Å². The average Bonchev–Trinajstić information content (AvgIpc) is 2.96. The smallest absolute Gasteiger partial charge is 0.287 e. The molecule has 1 aromatic rings. The summed E-state index contributed by atoms with van der Waals surface area (Å²) in [7, 11) is 0. The van der Waals surface area contributed by atoms with E-state index >= 15 is 0 Å². The number of nitrogens with zero attached hydrogens (tertiary/aromatic N) is 1. The maximum atomic E-state index is 12.2. The Hall–Kier alpha value is -1.78. The fraction of sp³-hybridized carbons (Fsp3) is 0.600. The largest absolute Gasteiger partial charge is 0.456 e. The molecule has 20 heavy (non-hydrogen) atoms. The van der Waals surface area contributed by atoms with Crippen molar-refractivity contribution in [1.82, 2.24) is 10.2 Å². The number of piperidine rings is 1. The summed E-state index contributed by atoms with van der Waals surface area (Å²) < 4.78 is 5.38. The molecule has 1 atom stereocenters. The Morgan fingerprint density at radius 1 is 1.30 bits per heavy atom. The number of carbonyl (C=O) groups excluding carboxylic acids is 2. The van der Waals surface area contributed by atoms with E-state index in [2.05, 4.69) is 5.32 Å². The molecule has 1 aliphatic rings. The van der Waals surface area contributed by atoms with Crippen LogP contribution in [0, 0.1) is 0 Å². The van der Waals surface area contributed by atoms with E-state index in [9.17, 15) is 9.59 Å². The van der Waals surface area contributed by atoms with E-state index in [1.807, 2.05) is 11.8 Å². The molecule has 0 aromatic carbocycles. The topological polar surface area (TPSA) is 62.6 Å². The zero-order chi connectivity index (χ0) is 14.5. The van der Waals surface area contributed by atoms with Crippen LogP contribution in [0.25, 0.3) is 0 Å². The molecule has 2 rings (SSSR count).